The largest absolute Gasteiger partial charge is 0.377 e. The Morgan fingerprint density at radius 1 is 1.53 bits per heavy atom. The lowest BCUT2D eigenvalue weighted by Gasteiger charge is -2.29. The van der Waals surface area contributed by atoms with Gasteiger partial charge in [-0.15, -0.1) is 0 Å². The molecule has 1 heterocycles. The van der Waals surface area contributed by atoms with E-state index in [1.54, 1.807) is 13.2 Å². The van der Waals surface area contributed by atoms with Gasteiger partial charge in [0.2, 0.25) is 0 Å². The normalized spacial score (nSPS) is 11.0. The second-order valence-corrected chi connectivity index (χ2v) is 5.06. The average Bonchev–Trinajstić information content (AvgIpc) is 2.87. The molecule has 0 aliphatic rings. The number of hydrogen-bond acceptors (Lipinski definition) is 4. The van der Waals surface area contributed by atoms with Crippen LogP contribution in [0.15, 0.2) is 10.6 Å². The minimum Gasteiger partial charge on any atom is -0.377 e. The number of ether oxygens (including phenoxy) is 1. The van der Waals surface area contributed by atoms with E-state index in [0.717, 1.165) is 18.2 Å². The summed E-state index contributed by atoms with van der Waals surface area (Å²) in [7, 11) is 1.57. The Morgan fingerprint density at radius 2 is 2.21 bits per heavy atom. The molecule has 0 aliphatic carbocycles. The number of methoxy groups -OCH3 is 1. The summed E-state index contributed by atoms with van der Waals surface area (Å²) >= 11 is 3.39. The van der Waals surface area contributed by atoms with E-state index in [9.17, 15) is 4.79 Å². The van der Waals surface area contributed by atoms with Crippen molar-refractivity contribution in [3.05, 3.63) is 17.5 Å². The molecule has 0 saturated heterocycles. The number of rotatable bonds is 8. The third-order valence-corrected chi connectivity index (χ3v) is 3.39. The molecule has 6 heteroatoms. The van der Waals surface area contributed by atoms with E-state index in [-0.39, 0.29) is 11.9 Å². The molecule has 0 bridgehead atoms. The topological polar surface area (TPSA) is 55.6 Å². The number of alkyl halides is 1. The maximum absolute atomic E-state index is 12.5. The van der Waals surface area contributed by atoms with E-state index in [1.165, 1.54) is 0 Å². The summed E-state index contributed by atoms with van der Waals surface area (Å²) < 4.78 is 10.0. The van der Waals surface area contributed by atoms with E-state index in [0.29, 0.717) is 24.6 Å². The molecule has 0 spiro atoms. The molecule has 0 atom stereocenters. The Balaban J connectivity index is 2.85. The van der Waals surface area contributed by atoms with Gasteiger partial charge in [0.05, 0.1) is 0 Å². The molecule has 0 radical (unpaired) electrons. The van der Waals surface area contributed by atoms with Crippen molar-refractivity contribution in [2.75, 3.05) is 19.0 Å². The van der Waals surface area contributed by atoms with Crippen LogP contribution >= 0.6 is 15.9 Å². The maximum Gasteiger partial charge on any atom is 0.276 e. The first-order valence-corrected chi connectivity index (χ1v) is 7.61. The van der Waals surface area contributed by atoms with E-state index in [4.69, 9.17) is 9.26 Å². The van der Waals surface area contributed by atoms with Gasteiger partial charge in [0.15, 0.2) is 11.5 Å². The van der Waals surface area contributed by atoms with Crippen LogP contribution in [0, 0.1) is 0 Å². The molecular formula is C13H21BrN2O3. The van der Waals surface area contributed by atoms with Gasteiger partial charge in [-0.25, -0.2) is 0 Å². The van der Waals surface area contributed by atoms with Gasteiger partial charge in [-0.2, -0.15) is 0 Å². The summed E-state index contributed by atoms with van der Waals surface area (Å²) in [4.78, 5) is 14.3. The van der Waals surface area contributed by atoms with E-state index in [1.807, 2.05) is 4.90 Å². The van der Waals surface area contributed by atoms with Gasteiger partial charge in [0.1, 0.15) is 6.61 Å². The van der Waals surface area contributed by atoms with Gasteiger partial charge >= 0.3 is 0 Å². The van der Waals surface area contributed by atoms with Crippen LogP contribution in [0.2, 0.25) is 0 Å². The van der Waals surface area contributed by atoms with Crippen LogP contribution in [-0.4, -0.2) is 41.0 Å². The van der Waals surface area contributed by atoms with Crippen molar-refractivity contribution < 1.29 is 14.1 Å². The minimum absolute atomic E-state index is 0.0840. The van der Waals surface area contributed by atoms with Crippen molar-refractivity contribution >= 4 is 21.8 Å². The Bertz CT molecular complexity index is 391. The number of carbonyl (C=O) groups is 1. The van der Waals surface area contributed by atoms with Crippen molar-refractivity contribution in [3.8, 4) is 0 Å². The highest BCUT2D eigenvalue weighted by molar-refractivity contribution is 9.09. The van der Waals surface area contributed by atoms with Crippen LogP contribution in [0.4, 0.5) is 0 Å². The van der Waals surface area contributed by atoms with Gasteiger partial charge in [-0.3, -0.25) is 4.79 Å². The van der Waals surface area contributed by atoms with Gasteiger partial charge in [-0.1, -0.05) is 34.9 Å². The van der Waals surface area contributed by atoms with Gasteiger partial charge < -0.3 is 14.2 Å². The summed E-state index contributed by atoms with van der Waals surface area (Å²) in [6, 6.07) is 1.88. The van der Waals surface area contributed by atoms with E-state index < -0.39 is 0 Å². The molecule has 19 heavy (non-hydrogen) atoms. The fourth-order valence-electron chi connectivity index (χ4n) is 2.04. The molecule has 0 N–H and O–H groups in total. The standard InChI is InChI=1S/C13H21BrN2O3/c1-4-10(5-2)16(7-6-14)13(17)12-8-11(9-18-3)19-15-12/h8,10H,4-7,9H2,1-3H3. The summed E-state index contributed by atoms with van der Waals surface area (Å²) in [6.07, 6.45) is 1.86. The molecule has 1 amide bonds. The predicted octanol–water partition coefficient (Wildman–Crippen LogP) is 2.85. The van der Waals surface area contributed by atoms with Crippen molar-refractivity contribution in [1.82, 2.24) is 10.1 Å². The molecular weight excluding hydrogens is 312 g/mol. The second kappa shape index (κ2) is 8.32. The smallest absolute Gasteiger partial charge is 0.276 e. The molecule has 5 nitrogen and oxygen atoms in total. The lowest BCUT2D eigenvalue weighted by molar-refractivity contribution is 0.0672. The first-order chi connectivity index (χ1) is 9.17. The lowest BCUT2D eigenvalue weighted by atomic mass is 10.1. The highest BCUT2D eigenvalue weighted by atomic mass is 79.9. The zero-order valence-electron chi connectivity index (χ0n) is 11.7. The van der Waals surface area contributed by atoms with Crippen LogP contribution < -0.4 is 0 Å². The monoisotopic (exact) mass is 332 g/mol. The molecule has 0 unspecified atom stereocenters. The first-order valence-electron chi connectivity index (χ1n) is 6.49. The summed E-state index contributed by atoms with van der Waals surface area (Å²) in [5, 5.41) is 4.58. The minimum atomic E-state index is -0.0840. The highest BCUT2D eigenvalue weighted by Crippen LogP contribution is 2.14. The Kier molecular flexibility index (Phi) is 7.09. The maximum atomic E-state index is 12.5. The first kappa shape index (κ1) is 16.2. The van der Waals surface area contributed by atoms with Crippen molar-refractivity contribution in [2.24, 2.45) is 0 Å². The van der Waals surface area contributed by atoms with Crippen LogP contribution in [-0.2, 0) is 11.3 Å². The second-order valence-electron chi connectivity index (χ2n) is 4.27. The van der Waals surface area contributed by atoms with Crippen molar-refractivity contribution in [1.29, 1.82) is 0 Å². The number of halogens is 1. The molecule has 108 valence electrons. The fourth-order valence-corrected chi connectivity index (χ4v) is 2.42. The predicted molar refractivity (Wildman–Crippen MR) is 76.4 cm³/mol. The van der Waals surface area contributed by atoms with Gasteiger partial charge in [0.25, 0.3) is 5.91 Å². The third-order valence-electron chi connectivity index (χ3n) is 3.03. The Morgan fingerprint density at radius 3 is 2.74 bits per heavy atom. The van der Waals surface area contributed by atoms with Crippen LogP contribution in [0.1, 0.15) is 42.9 Å². The average molecular weight is 333 g/mol. The molecule has 1 rings (SSSR count). The quantitative estimate of drug-likeness (QED) is 0.687. The zero-order valence-corrected chi connectivity index (χ0v) is 13.3. The van der Waals surface area contributed by atoms with Crippen LogP contribution in [0.5, 0.6) is 0 Å². The van der Waals surface area contributed by atoms with E-state index in [2.05, 4.69) is 34.9 Å². The molecule has 0 fully saturated rings. The lowest BCUT2D eigenvalue weighted by Crippen LogP contribution is -2.41. The zero-order chi connectivity index (χ0) is 14.3. The summed E-state index contributed by atoms with van der Waals surface area (Å²) in [5.41, 5.74) is 0.347. The van der Waals surface area contributed by atoms with Crippen molar-refractivity contribution in [3.63, 3.8) is 0 Å². The highest BCUT2D eigenvalue weighted by Gasteiger charge is 2.24. The van der Waals surface area contributed by atoms with Gasteiger partial charge in [-0.05, 0) is 12.8 Å². The van der Waals surface area contributed by atoms with Crippen molar-refractivity contribution in [2.45, 2.75) is 39.3 Å². The number of amides is 1. The number of hydrogen-bond donors (Lipinski definition) is 0. The molecule has 0 saturated carbocycles. The number of nitrogens with zero attached hydrogens (tertiary/aromatic N) is 2. The van der Waals surface area contributed by atoms with Crippen LogP contribution in [0.3, 0.4) is 0 Å². The molecule has 1 aromatic heterocycles. The SMILES string of the molecule is CCC(CC)N(CCBr)C(=O)c1cc(COC)on1. The summed E-state index contributed by atoms with van der Waals surface area (Å²) in [6.45, 7) is 5.16. The Labute approximate surface area is 122 Å². The van der Waals surface area contributed by atoms with Crippen LogP contribution in [0.25, 0.3) is 0 Å². The molecule has 0 aliphatic heterocycles. The summed E-state index contributed by atoms with van der Waals surface area (Å²) in [5.74, 6) is 0.480. The van der Waals surface area contributed by atoms with E-state index >= 15 is 0 Å². The number of carbonyl (C=O) groups excluding carboxylic acids is 1. The third kappa shape index (κ3) is 4.31. The Hall–Kier alpha value is -0.880. The van der Waals surface area contributed by atoms with Gasteiger partial charge in [0, 0.05) is 31.1 Å². The molecule has 0 aromatic carbocycles. The number of aromatic nitrogens is 1. The molecule has 1 aromatic rings. The fraction of sp³-hybridized carbons (Fsp3) is 0.692.